The Labute approximate surface area is 137 Å². The van der Waals surface area contributed by atoms with E-state index < -0.39 is 0 Å². The third-order valence-electron chi connectivity index (χ3n) is 4.98. The molecule has 1 fully saturated rings. The van der Waals surface area contributed by atoms with Gasteiger partial charge < -0.3 is 15.5 Å². The maximum absolute atomic E-state index is 12.2. The molecule has 1 aromatic rings. The Morgan fingerprint density at radius 2 is 2.22 bits per heavy atom. The molecule has 0 saturated carbocycles. The second-order valence-corrected chi connectivity index (χ2v) is 6.71. The topological polar surface area (TPSA) is 61.4 Å². The molecule has 5 heteroatoms. The van der Waals surface area contributed by atoms with Crippen molar-refractivity contribution in [2.45, 2.75) is 38.8 Å². The molecule has 2 aliphatic rings. The second-order valence-electron chi connectivity index (χ2n) is 6.71. The molecule has 0 spiro atoms. The fourth-order valence-electron chi connectivity index (χ4n) is 3.51. The number of nitrogens with one attached hydrogen (secondary N) is 2. The van der Waals surface area contributed by atoms with Crippen molar-refractivity contribution in [1.29, 1.82) is 0 Å². The standard InChI is InChI=1S/C18H25N3O2/c1-12(22)15-9-16(19-11-15)18(23)20-10-13-5-6-17-14(8-13)4-3-7-21(17)2/h5-6,8,15-16,19H,3-4,7,9-11H2,1-2H3,(H,20,23). The highest BCUT2D eigenvalue weighted by atomic mass is 16.2. The van der Waals surface area contributed by atoms with Crippen LogP contribution in [0.25, 0.3) is 0 Å². The minimum absolute atomic E-state index is 0.0106. The van der Waals surface area contributed by atoms with E-state index in [2.05, 4.69) is 40.8 Å². The van der Waals surface area contributed by atoms with Gasteiger partial charge in [0.2, 0.25) is 5.91 Å². The van der Waals surface area contributed by atoms with Gasteiger partial charge in [-0.15, -0.1) is 0 Å². The maximum Gasteiger partial charge on any atom is 0.237 e. The summed E-state index contributed by atoms with van der Waals surface area (Å²) in [7, 11) is 2.12. The molecule has 2 heterocycles. The number of hydrogen-bond donors (Lipinski definition) is 2. The molecular formula is C18H25N3O2. The van der Waals surface area contributed by atoms with Crippen LogP contribution in [0.1, 0.15) is 30.9 Å². The lowest BCUT2D eigenvalue weighted by atomic mass is 9.99. The largest absolute Gasteiger partial charge is 0.374 e. The molecule has 0 aliphatic carbocycles. The van der Waals surface area contributed by atoms with Crippen molar-refractivity contribution in [1.82, 2.24) is 10.6 Å². The van der Waals surface area contributed by atoms with Crippen LogP contribution in [-0.4, -0.2) is 37.9 Å². The Morgan fingerprint density at radius 3 is 2.96 bits per heavy atom. The Balaban J connectivity index is 1.56. The zero-order valence-corrected chi connectivity index (χ0v) is 13.9. The third kappa shape index (κ3) is 3.55. The molecule has 1 amide bonds. The Morgan fingerprint density at radius 1 is 1.39 bits per heavy atom. The van der Waals surface area contributed by atoms with Crippen molar-refractivity contribution in [2.24, 2.45) is 5.92 Å². The van der Waals surface area contributed by atoms with Gasteiger partial charge in [-0.2, -0.15) is 0 Å². The van der Waals surface area contributed by atoms with Crippen molar-refractivity contribution in [3.05, 3.63) is 29.3 Å². The summed E-state index contributed by atoms with van der Waals surface area (Å²) in [5.74, 6) is 0.125. The fraction of sp³-hybridized carbons (Fsp3) is 0.556. The van der Waals surface area contributed by atoms with Crippen molar-refractivity contribution >= 4 is 17.4 Å². The summed E-state index contributed by atoms with van der Waals surface area (Å²) in [6, 6.07) is 6.19. The van der Waals surface area contributed by atoms with Crippen molar-refractivity contribution in [2.75, 3.05) is 25.0 Å². The molecule has 0 bridgehead atoms. The highest BCUT2D eigenvalue weighted by Crippen LogP contribution is 2.26. The zero-order chi connectivity index (χ0) is 16.4. The monoisotopic (exact) mass is 315 g/mol. The van der Waals surface area contributed by atoms with Crippen molar-refractivity contribution in [3.8, 4) is 0 Å². The van der Waals surface area contributed by atoms with Crippen LogP contribution in [0, 0.1) is 5.92 Å². The first-order valence-corrected chi connectivity index (χ1v) is 8.39. The van der Waals surface area contributed by atoms with Gasteiger partial charge in [-0.05, 0) is 43.4 Å². The predicted molar refractivity (Wildman–Crippen MR) is 90.5 cm³/mol. The summed E-state index contributed by atoms with van der Waals surface area (Å²) in [5, 5.41) is 6.13. The molecule has 5 nitrogen and oxygen atoms in total. The fourth-order valence-corrected chi connectivity index (χ4v) is 3.51. The predicted octanol–water partition coefficient (Wildman–Crippen LogP) is 1.25. The summed E-state index contributed by atoms with van der Waals surface area (Å²) >= 11 is 0. The summed E-state index contributed by atoms with van der Waals surface area (Å²) in [4.78, 5) is 25.9. The molecule has 1 saturated heterocycles. The summed E-state index contributed by atoms with van der Waals surface area (Å²) < 4.78 is 0. The number of fused-ring (bicyclic) bond motifs is 1. The molecule has 0 radical (unpaired) electrons. The molecule has 2 atom stereocenters. The smallest absolute Gasteiger partial charge is 0.237 e. The van der Waals surface area contributed by atoms with Crippen LogP contribution in [0.15, 0.2) is 18.2 Å². The minimum Gasteiger partial charge on any atom is -0.374 e. The highest BCUT2D eigenvalue weighted by molar-refractivity contribution is 5.85. The molecule has 3 rings (SSSR count). The van der Waals surface area contributed by atoms with E-state index >= 15 is 0 Å². The zero-order valence-electron chi connectivity index (χ0n) is 13.9. The lowest BCUT2D eigenvalue weighted by molar-refractivity contribution is -0.123. The van der Waals surface area contributed by atoms with Gasteiger partial charge in [0.25, 0.3) is 0 Å². The van der Waals surface area contributed by atoms with Gasteiger partial charge >= 0.3 is 0 Å². The molecule has 1 aromatic carbocycles. The van der Waals surface area contributed by atoms with Gasteiger partial charge in [-0.1, -0.05) is 12.1 Å². The first-order valence-electron chi connectivity index (χ1n) is 8.39. The lowest BCUT2D eigenvalue weighted by Gasteiger charge is -2.27. The third-order valence-corrected chi connectivity index (χ3v) is 4.98. The molecule has 0 aromatic heterocycles. The van der Waals surface area contributed by atoms with Crippen LogP contribution < -0.4 is 15.5 Å². The summed E-state index contributed by atoms with van der Waals surface area (Å²) in [6.45, 7) is 3.85. The first kappa shape index (κ1) is 16.0. The number of ketones is 1. The number of nitrogens with zero attached hydrogens (tertiary/aromatic N) is 1. The van der Waals surface area contributed by atoms with Gasteiger partial charge in [0, 0.05) is 38.3 Å². The number of Topliss-reactive ketones (excluding diaryl/α,β-unsaturated/α-hetero) is 1. The average molecular weight is 315 g/mol. The van der Waals surface area contributed by atoms with Crippen LogP contribution in [0.5, 0.6) is 0 Å². The number of carbonyl (C=O) groups is 2. The van der Waals surface area contributed by atoms with Crippen LogP contribution in [0.3, 0.4) is 0 Å². The molecule has 23 heavy (non-hydrogen) atoms. The second kappa shape index (κ2) is 6.71. The number of benzene rings is 1. The molecule has 124 valence electrons. The van der Waals surface area contributed by atoms with E-state index in [9.17, 15) is 9.59 Å². The number of amides is 1. The van der Waals surface area contributed by atoms with E-state index in [1.54, 1.807) is 6.92 Å². The normalized spacial score (nSPS) is 23.5. The van der Waals surface area contributed by atoms with Gasteiger partial charge in [0.05, 0.1) is 6.04 Å². The van der Waals surface area contributed by atoms with Crippen molar-refractivity contribution in [3.63, 3.8) is 0 Å². The van der Waals surface area contributed by atoms with E-state index in [0.717, 1.165) is 18.5 Å². The molecule has 2 aliphatic heterocycles. The quantitative estimate of drug-likeness (QED) is 0.878. The van der Waals surface area contributed by atoms with Gasteiger partial charge in [0.15, 0.2) is 0 Å². The van der Waals surface area contributed by atoms with Crippen LogP contribution in [0.4, 0.5) is 5.69 Å². The number of hydrogen-bond acceptors (Lipinski definition) is 4. The van der Waals surface area contributed by atoms with Crippen LogP contribution in [0.2, 0.25) is 0 Å². The molecular weight excluding hydrogens is 290 g/mol. The SMILES string of the molecule is CC(=O)C1CNC(C(=O)NCc2ccc3c(c2)CCCN3C)C1. The lowest BCUT2D eigenvalue weighted by Crippen LogP contribution is -2.40. The number of carbonyl (C=O) groups excluding carboxylic acids is 2. The number of anilines is 1. The van der Waals surface area contributed by atoms with E-state index in [1.807, 2.05) is 0 Å². The van der Waals surface area contributed by atoms with Crippen LogP contribution >= 0.6 is 0 Å². The van der Waals surface area contributed by atoms with E-state index in [-0.39, 0.29) is 23.7 Å². The minimum atomic E-state index is -0.243. The Kier molecular flexibility index (Phi) is 4.66. The first-order chi connectivity index (χ1) is 11.0. The Hall–Kier alpha value is -1.88. The summed E-state index contributed by atoms with van der Waals surface area (Å²) in [5.41, 5.74) is 3.79. The highest BCUT2D eigenvalue weighted by Gasteiger charge is 2.31. The van der Waals surface area contributed by atoms with E-state index in [1.165, 1.54) is 17.7 Å². The van der Waals surface area contributed by atoms with E-state index in [0.29, 0.717) is 19.5 Å². The van der Waals surface area contributed by atoms with Gasteiger partial charge in [0.1, 0.15) is 5.78 Å². The van der Waals surface area contributed by atoms with Gasteiger partial charge in [-0.3, -0.25) is 9.59 Å². The molecule has 2 unspecified atom stereocenters. The number of aryl methyl sites for hydroxylation is 1. The van der Waals surface area contributed by atoms with Crippen LogP contribution in [-0.2, 0) is 22.6 Å². The number of rotatable bonds is 4. The van der Waals surface area contributed by atoms with Gasteiger partial charge in [-0.25, -0.2) is 0 Å². The van der Waals surface area contributed by atoms with Crippen molar-refractivity contribution < 1.29 is 9.59 Å². The molecule has 2 N–H and O–H groups in total. The summed E-state index contributed by atoms with van der Waals surface area (Å²) in [6.07, 6.45) is 2.89. The Bertz CT molecular complexity index is 614. The average Bonchev–Trinajstić information content (AvgIpc) is 3.03. The maximum atomic E-state index is 12.2. The van der Waals surface area contributed by atoms with E-state index in [4.69, 9.17) is 0 Å².